The quantitative estimate of drug-likeness (QED) is 0.866. The Kier molecular flexibility index (Phi) is 5.92. The van der Waals surface area contributed by atoms with Crippen LogP contribution in [0.5, 0.6) is 0 Å². The second-order valence-corrected chi connectivity index (χ2v) is 7.53. The molecule has 4 nitrogen and oxygen atoms in total. The summed E-state index contributed by atoms with van der Waals surface area (Å²) in [6, 6.07) is 14.7. The first-order valence-corrected chi connectivity index (χ1v) is 9.55. The standard InChI is InChI=1S/C22H29N3O/c1-18-15-19(11-14-23-18)16-25(2)21(26)24-17-22(12-7-4-8-13-22)20-9-5-3-6-10-20/h3,5-6,9-11,14-15H,4,7-8,12-13,16-17H2,1-2H3,(H,24,26). The Balaban J connectivity index is 1.64. The molecule has 0 spiro atoms. The summed E-state index contributed by atoms with van der Waals surface area (Å²) < 4.78 is 0. The van der Waals surface area contributed by atoms with Crippen molar-refractivity contribution in [1.82, 2.24) is 15.2 Å². The van der Waals surface area contributed by atoms with Gasteiger partial charge in [0.1, 0.15) is 0 Å². The third-order valence-corrected chi connectivity index (χ3v) is 5.50. The molecule has 1 aromatic carbocycles. The maximum atomic E-state index is 12.6. The lowest BCUT2D eigenvalue weighted by Crippen LogP contribution is -2.46. The molecule has 0 saturated heterocycles. The van der Waals surface area contributed by atoms with Gasteiger partial charge in [-0.15, -0.1) is 0 Å². The van der Waals surface area contributed by atoms with Gasteiger partial charge in [-0.1, -0.05) is 49.6 Å². The molecular weight excluding hydrogens is 322 g/mol. The first-order chi connectivity index (χ1) is 12.6. The van der Waals surface area contributed by atoms with Gasteiger partial charge in [-0.25, -0.2) is 4.79 Å². The number of hydrogen-bond acceptors (Lipinski definition) is 2. The van der Waals surface area contributed by atoms with Crippen molar-refractivity contribution in [3.05, 3.63) is 65.5 Å². The van der Waals surface area contributed by atoms with Gasteiger partial charge in [0.05, 0.1) is 0 Å². The predicted octanol–water partition coefficient (Wildman–Crippen LogP) is 4.43. The first kappa shape index (κ1) is 18.4. The highest BCUT2D eigenvalue weighted by atomic mass is 16.2. The Labute approximate surface area is 156 Å². The highest BCUT2D eigenvalue weighted by Gasteiger charge is 2.34. The average Bonchev–Trinajstić information content (AvgIpc) is 2.67. The normalized spacial score (nSPS) is 16.1. The lowest BCUT2D eigenvalue weighted by atomic mass is 9.69. The minimum absolute atomic E-state index is 0.0136. The van der Waals surface area contributed by atoms with E-state index in [0.717, 1.165) is 24.1 Å². The van der Waals surface area contributed by atoms with Crippen molar-refractivity contribution < 1.29 is 4.79 Å². The van der Waals surface area contributed by atoms with Crippen LogP contribution < -0.4 is 5.32 Å². The van der Waals surface area contributed by atoms with Gasteiger partial charge in [-0.05, 0) is 43.0 Å². The van der Waals surface area contributed by atoms with Crippen LogP contribution in [0.15, 0.2) is 48.7 Å². The average molecular weight is 351 g/mol. The van der Waals surface area contributed by atoms with E-state index in [4.69, 9.17) is 0 Å². The summed E-state index contributed by atoms with van der Waals surface area (Å²) in [5.74, 6) is 0. The summed E-state index contributed by atoms with van der Waals surface area (Å²) in [4.78, 5) is 18.6. The van der Waals surface area contributed by atoms with E-state index in [0.29, 0.717) is 13.1 Å². The number of rotatable bonds is 5. The first-order valence-electron chi connectivity index (χ1n) is 9.55. The number of pyridine rings is 1. The minimum atomic E-state index is -0.0136. The van der Waals surface area contributed by atoms with Crippen LogP contribution in [0.2, 0.25) is 0 Å². The van der Waals surface area contributed by atoms with E-state index in [1.807, 2.05) is 26.1 Å². The van der Waals surface area contributed by atoms with Gasteiger partial charge < -0.3 is 10.2 Å². The lowest BCUT2D eigenvalue weighted by Gasteiger charge is -2.38. The van der Waals surface area contributed by atoms with Gasteiger partial charge in [-0.3, -0.25) is 4.98 Å². The Hall–Kier alpha value is -2.36. The maximum Gasteiger partial charge on any atom is 0.317 e. The second kappa shape index (κ2) is 8.35. The van der Waals surface area contributed by atoms with E-state index in [-0.39, 0.29) is 11.4 Å². The van der Waals surface area contributed by atoms with Crippen LogP contribution >= 0.6 is 0 Å². The Morgan fingerprint density at radius 2 is 1.88 bits per heavy atom. The molecule has 1 aliphatic carbocycles. The topological polar surface area (TPSA) is 45.2 Å². The fourth-order valence-corrected chi connectivity index (χ4v) is 4.02. The summed E-state index contributed by atoms with van der Waals surface area (Å²) in [5.41, 5.74) is 3.50. The molecule has 3 rings (SSSR count). The Morgan fingerprint density at radius 1 is 1.15 bits per heavy atom. The summed E-state index contributed by atoms with van der Waals surface area (Å²) in [5, 5.41) is 3.20. The minimum Gasteiger partial charge on any atom is -0.337 e. The number of aromatic nitrogens is 1. The van der Waals surface area contributed by atoms with E-state index in [1.54, 1.807) is 11.1 Å². The molecule has 1 fully saturated rings. The number of nitrogens with one attached hydrogen (secondary N) is 1. The highest BCUT2D eigenvalue weighted by molar-refractivity contribution is 5.74. The fourth-order valence-electron chi connectivity index (χ4n) is 4.02. The number of benzene rings is 1. The molecule has 0 radical (unpaired) electrons. The van der Waals surface area contributed by atoms with Crippen LogP contribution in [0.4, 0.5) is 4.79 Å². The molecule has 4 heteroatoms. The highest BCUT2D eigenvalue weighted by Crippen LogP contribution is 2.38. The molecule has 1 aromatic heterocycles. The predicted molar refractivity (Wildman–Crippen MR) is 105 cm³/mol. The zero-order chi connectivity index (χ0) is 18.4. The van der Waals surface area contributed by atoms with Crippen LogP contribution in [0, 0.1) is 6.92 Å². The third-order valence-electron chi connectivity index (χ3n) is 5.50. The number of carbonyl (C=O) groups is 1. The number of carbonyl (C=O) groups excluding carboxylic acids is 1. The monoisotopic (exact) mass is 351 g/mol. The number of nitrogens with zero attached hydrogens (tertiary/aromatic N) is 2. The van der Waals surface area contributed by atoms with Crippen LogP contribution in [0.3, 0.4) is 0 Å². The van der Waals surface area contributed by atoms with E-state index in [2.05, 4.69) is 40.6 Å². The maximum absolute atomic E-state index is 12.6. The van der Waals surface area contributed by atoms with Crippen molar-refractivity contribution in [2.45, 2.75) is 51.0 Å². The zero-order valence-corrected chi connectivity index (χ0v) is 15.9. The van der Waals surface area contributed by atoms with Gasteiger partial charge in [0.25, 0.3) is 0 Å². The molecule has 2 aromatic rings. The molecule has 1 saturated carbocycles. The van der Waals surface area contributed by atoms with Crippen molar-refractivity contribution in [1.29, 1.82) is 0 Å². The lowest BCUT2D eigenvalue weighted by molar-refractivity contribution is 0.198. The molecule has 26 heavy (non-hydrogen) atoms. The fraction of sp³-hybridized carbons (Fsp3) is 0.455. The molecule has 1 aliphatic rings. The SMILES string of the molecule is Cc1cc(CN(C)C(=O)NCC2(c3ccccc3)CCCCC2)ccn1. The molecule has 1 N–H and O–H groups in total. The van der Waals surface area contributed by atoms with Crippen LogP contribution in [0.1, 0.15) is 48.9 Å². The number of aryl methyl sites for hydroxylation is 1. The Bertz CT molecular complexity index is 723. The second-order valence-electron chi connectivity index (χ2n) is 7.53. The molecular formula is C22H29N3O. The van der Waals surface area contributed by atoms with Crippen molar-refractivity contribution in [2.75, 3.05) is 13.6 Å². The number of urea groups is 1. The molecule has 1 heterocycles. The zero-order valence-electron chi connectivity index (χ0n) is 15.9. The molecule has 0 unspecified atom stereocenters. The number of hydrogen-bond donors (Lipinski definition) is 1. The summed E-state index contributed by atoms with van der Waals surface area (Å²) in [6.45, 7) is 3.26. The van der Waals surface area contributed by atoms with Gasteiger partial charge in [0.2, 0.25) is 0 Å². The van der Waals surface area contributed by atoms with E-state index in [9.17, 15) is 4.79 Å². The largest absolute Gasteiger partial charge is 0.337 e. The molecule has 0 aliphatic heterocycles. The van der Waals surface area contributed by atoms with Crippen molar-refractivity contribution in [3.8, 4) is 0 Å². The summed E-state index contributed by atoms with van der Waals surface area (Å²) in [7, 11) is 1.85. The smallest absolute Gasteiger partial charge is 0.317 e. The van der Waals surface area contributed by atoms with Crippen LogP contribution in [0.25, 0.3) is 0 Å². The molecule has 0 atom stereocenters. The van der Waals surface area contributed by atoms with E-state index in [1.165, 1.54) is 24.8 Å². The van der Waals surface area contributed by atoms with Gasteiger partial charge in [0.15, 0.2) is 0 Å². The van der Waals surface area contributed by atoms with E-state index < -0.39 is 0 Å². The van der Waals surface area contributed by atoms with E-state index >= 15 is 0 Å². The molecule has 138 valence electrons. The van der Waals surface area contributed by atoms with Gasteiger partial charge in [0, 0.05) is 37.4 Å². The Morgan fingerprint density at radius 3 is 2.58 bits per heavy atom. The van der Waals surface area contributed by atoms with Gasteiger partial charge in [-0.2, -0.15) is 0 Å². The summed E-state index contributed by atoms with van der Waals surface area (Å²) >= 11 is 0. The third kappa shape index (κ3) is 4.43. The van der Waals surface area contributed by atoms with Crippen molar-refractivity contribution >= 4 is 6.03 Å². The molecule has 2 amide bonds. The van der Waals surface area contributed by atoms with Crippen LogP contribution in [-0.4, -0.2) is 29.5 Å². The number of amides is 2. The molecule has 0 bridgehead atoms. The summed E-state index contributed by atoms with van der Waals surface area (Å²) in [6.07, 6.45) is 7.84. The van der Waals surface area contributed by atoms with Crippen LogP contribution in [-0.2, 0) is 12.0 Å². The van der Waals surface area contributed by atoms with Crippen molar-refractivity contribution in [3.63, 3.8) is 0 Å². The van der Waals surface area contributed by atoms with Gasteiger partial charge >= 0.3 is 6.03 Å². The van der Waals surface area contributed by atoms with Crippen molar-refractivity contribution in [2.24, 2.45) is 0 Å².